The fraction of sp³-hybridized carbons (Fsp3) is 0.917. The minimum absolute atomic E-state index is 0.152. The SMILES string of the molecule is CC(C)C1(C)CN=C(N)N1C1CCCC1. The molecule has 1 aliphatic heterocycles. The normalized spacial score (nSPS) is 32.8. The second-order valence-corrected chi connectivity index (χ2v) is 5.49. The van der Waals surface area contributed by atoms with Crippen LogP contribution in [-0.4, -0.2) is 29.0 Å². The van der Waals surface area contributed by atoms with Crippen molar-refractivity contribution >= 4 is 5.96 Å². The Labute approximate surface area is 92.7 Å². The molecule has 1 heterocycles. The lowest BCUT2D eigenvalue weighted by molar-refractivity contribution is 0.117. The summed E-state index contributed by atoms with van der Waals surface area (Å²) in [6, 6.07) is 0.642. The van der Waals surface area contributed by atoms with Gasteiger partial charge in [-0.2, -0.15) is 0 Å². The van der Waals surface area contributed by atoms with Crippen molar-refractivity contribution < 1.29 is 0 Å². The van der Waals surface area contributed by atoms with Gasteiger partial charge in [0, 0.05) is 6.04 Å². The monoisotopic (exact) mass is 209 g/mol. The summed E-state index contributed by atoms with van der Waals surface area (Å²) in [7, 11) is 0. The molecule has 3 heteroatoms. The van der Waals surface area contributed by atoms with Crippen LogP contribution in [0.2, 0.25) is 0 Å². The van der Waals surface area contributed by atoms with Crippen LogP contribution < -0.4 is 5.73 Å². The molecule has 3 nitrogen and oxygen atoms in total. The summed E-state index contributed by atoms with van der Waals surface area (Å²) in [6.45, 7) is 7.72. The molecular weight excluding hydrogens is 186 g/mol. The zero-order valence-electron chi connectivity index (χ0n) is 10.2. The Morgan fingerprint density at radius 2 is 2.00 bits per heavy atom. The first-order valence-electron chi connectivity index (χ1n) is 6.15. The van der Waals surface area contributed by atoms with E-state index in [1.54, 1.807) is 0 Å². The van der Waals surface area contributed by atoms with Crippen molar-refractivity contribution in [2.45, 2.75) is 58.0 Å². The number of nitrogens with zero attached hydrogens (tertiary/aromatic N) is 2. The molecule has 15 heavy (non-hydrogen) atoms. The van der Waals surface area contributed by atoms with Crippen molar-refractivity contribution in [3.05, 3.63) is 0 Å². The first-order valence-corrected chi connectivity index (χ1v) is 6.15. The molecule has 1 fully saturated rings. The summed E-state index contributed by atoms with van der Waals surface area (Å²) in [6.07, 6.45) is 5.28. The minimum atomic E-state index is 0.152. The van der Waals surface area contributed by atoms with Crippen LogP contribution in [0.15, 0.2) is 4.99 Å². The summed E-state index contributed by atoms with van der Waals surface area (Å²) in [5, 5.41) is 0. The van der Waals surface area contributed by atoms with Crippen LogP contribution in [0.3, 0.4) is 0 Å². The van der Waals surface area contributed by atoms with Crippen LogP contribution in [0.5, 0.6) is 0 Å². The first-order chi connectivity index (χ1) is 7.05. The lowest BCUT2D eigenvalue weighted by Crippen LogP contribution is -2.56. The van der Waals surface area contributed by atoms with E-state index in [1.165, 1.54) is 25.7 Å². The molecule has 1 aliphatic carbocycles. The van der Waals surface area contributed by atoms with Gasteiger partial charge in [0.05, 0.1) is 12.1 Å². The second kappa shape index (κ2) is 3.69. The van der Waals surface area contributed by atoms with Crippen molar-refractivity contribution in [1.29, 1.82) is 0 Å². The minimum Gasteiger partial charge on any atom is -0.370 e. The number of rotatable bonds is 2. The third kappa shape index (κ3) is 1.62. The van der Waals surface area contributed by atoms with Crippen LogP contribution in [-0.2, 0) is 0 Å². The molecule has 0 radical (unpaired) electrons. The Morgan fingerprint density at radius 1 is 1.40 bits per heavy atom. The van der Waals surface area contributed by atoms with E-state index >= 15 is 0 Å². The van der Waals surface area contributed by atoms with Crippen molar-refractivity contribution in [1.82, 2.24) is 4.90 Å². The van der Waals surface area contributed by atoms with Gasteiger partial charge in [-0.1, -0.05) is 26.7 Å². The molecule has 86 valence electrons. The Hall–Kier alpha value is -0.730. The van der Waals surface area contributed by atoms with Gasteiger partial charge in [-0.3, -0.25) is 4.99 Å². The number of hydrogen-bond donors (Lipinski definition) is 1. The molecule has 2 aliphatic rings. The quantitative estimate of drug-likeness (QED) is 0.755. The predicted molar refractivity (Wildman–Crippen MR) is 63.8 cm³/mol. The topological polar surface area (TPSA) is 41.6 Å². The highest BCUT2D eigenvalue weighted by Gasteiger charge is 2.44. The molecule has 2 N–H and O–H groups in total. The van der Waals surface area contributed by atoms with Gasteiger partial charge >= 0.3 is 0 Å². The van der Waals surface area contributed by atoms with Crippen LogP contribution in [0, 0.1) is 5.92 Å². The van der Waals surface area contributed by atoms with Crippen LogP contribution in [0.1, 0.15) is 46.5 Å². The second-order valence-electron chi connectivity index (χ2n) is 5.49. The van der Waals surface area contributed by atoms with Crippen LogP contribution in [0.25, 0.3) is 0 Å². The van der Waals surface area contributed by atoms with E-state index in [-0.39, 0.29) is 5.54 Å². The highest BCUT2D eigenvalue weighted by Crippen LogP contribution is 2.36. The lowest BCUT2D eigenvalue weighted by Gasteiger charge is -2.43. The number of guanidine groups is 1. The van der Waals surface area contributed by atoms with E-state index in [9.17, 15) is 0 Å². The highest BCUT2D eigenvalue weighted by atomic mass is 15.4. The highest BCUT2D eigenvalue weighted by molar-refractivity contribution is 5.81. The Balaban J connectivity index is 2.21. The third-order valence-corrected chi connectivity index (χ3v) is 4.29. The molecule has 0 aromatic heterocycles. The summed E-state index contributed by atoms with van der Waals surface area (Å²) < 4.78 is 0. The molecule has 0 aromatic carbocycles. The maximum Gasteiger partial charge on any atom is 0.192 e. The van der Waals surface area contributed by atoms with Crippen molar-refractivity contribution in [2.24, 2.45) is 16.6 Å². The molecule has 0 saturated heterocycles. The van der Waals surface area contributed by atoms with Gasteiger partial charge in [0.1, 0.15) is 0 Å². The zero-order chi connectivity index (χ0) is 11.1. The zero-order valence-corrected chi connectivity index (χ0v) is 10.2. The van der Waals surface area contributed by atoms with Gasteiger partial charge in [-0.15, -0.1) is 0 Å². The fourth-order valence-electron chi connectivity index (χ4n) is 2.88. The number of aliphatic imine (C=N–C) groups is 1. The molecule has 1 unspecified atom stereocenters. The number of nitrogens with two attached hydrogens (primary N) is 1. The van der Waals surface area contributed by atoms with Gasteiger partial charge in [-0.05, 0) is 25.7 Å². The van der Waals surface area contributed by atoms with E-state index in [4.69, 9.17) is 5.73 Å². The van der Waals surface area contributed by atoms with Crippen molar-refractivity contribution in [2.75, 3.05) is 6.54 Å². The van der Waals surface area contributed by atoms with Gasteiger partial charge < -0.3 is 10.6 Å². The molecule has 1 atom stereocenters. The smallest absolute Gasteiger partial charge is 0.192 e. The molecule has 1 saturated carbocycles. The van der Waals surface area contributed by atoms with Crippen LogP contribution in [0.4, 0.5) is 0 Å². The molecular formula is C12H23N3. The van der Waals surface area contributed by atoms with Crippen molar-refractivity contribution in [3.63, 3.8) is 0 Å². The Morgan fingerprint density at radius 3 is 2.53 bits per heavy atom. The van der Waals surface area contributed by atoms with E-state index in [2.05, 4.69) is 30.7 Å². The van der Waals surface area contributed by atoms with Gasteiger partial charge in [0.25, 0.3) is 0 Å². The predicted octanol–water partition coefficient (Wildman–Crippen LogP) is 1.97. The average Bonchev–Trinajstić information content (AvgIpc) is 2.75. The van der Waals surface area contributed by atoms with E-state index in [1.807, 2.05) is 0 Å². The third-order valence-electron chi connectivity index (χ3n) is 4.29. The van der Waals surface area contributed by atoms with Gasteiger partial charge in [0.2, 0.25) is 0 Å². The molecule has 0 amide bonds. The summed E-state index contributed by atoms with van der Waals surface area (Å²) in [5.74, 6) is 1.38. The molecule has 0 bridgehead atoms. The molecule has 2 rings (SSSR count). The fourth-order valence-corrected chi connectivity index (χ4v) is 2.88. The Kier molecular flexibility index (Phi) is 2.65. The van der Waals surface area contributed by atoms with Crippen molar-refractivity contribution in [3.8, 4) is 0 Å². The average molecular weight is 209 g/mol. The maximum absolute atomic E-state index is 6.05. The van der Waals surface area contributed by atoms with E-state index in [0.717, 1.165) is 12.5 Å². The van der Waals surface area contributed by atoms with Crippen LogP contribution >= 0.6 is 0 Å². The standard InChI is InChI=1S/C12H23N3/c1-9(2)12(3)8-14-11(13)15(12)10-6-4-5-7-10/h9-10H,4-8H2,1-3H3,(H2,13,14). The lowest BCUT2D eigenvalue weighted by atomic mass is 9.86. The van der Waals surface area contributed by atoms with E-state index < -0.39 is 0 Å². The van der Waals surface area contributed by atoms with E-state index in [0.29, 0.717) is 12.0 Å². The summed E-state index contributed by atoms with van der Waals surface area (Å²) in [5.41, 5.74) is 6.20. The number of hydrogen-bond acceptors (Lipinski definition) is 3. The Bertz CT molecular complexity index is 266. The molecule has 0 spiro atoms. The maximum atomic E-state index is 6.05. The molecule has 0 aromatic rings. The van der Waals surface area contributed by atoms with Gasteiger partial charge in [-0.25, -0.2) is 0 Å². The first kappa shape index (κ1) is 10.8. The van der Waals surface area contributed by atoms with Gasteiger partial charge in [0.15, 0.2) is 5.96 Å². The largest absolute Gasteiger partial charge is 0.370 e. The summed E-state index contributed by atoms with van der Waals surface area (Å²) >= 11 is 0. The summed E-state index contributed by atoms with van der Waals surface area (Å²) in [4.78, 5) is 6.86.